The lowest BCUT2D eigenvalue weighted by Crippen LogP contribution is -2.39. The molecule has 4 heteroatoms. The lowest BCUT2D eigenvalue weighted by Gasteiger charge is -2.22. The van der Waals surface area contributed by atoms with E-state index in [4.69, 9.17) is 5.73 Å². The summed E-state index contributed by atoms with van der Waals surface area (Å²) in [4.78, 5) is 0. The molecular formula is C13H20FN3. The van der Waals surface area contributed by atoms with Gasteiger partial charge in [-0.15, -0.1) is 0 Å². The molecule has 1 aromatic rings. The van der Waals surface area contributed by atoms with Crippen LogP contribution in [0.4, 0.5) is 4.39 Å². The van der Waals surface area contributed by atoms with Crippen LogP contribution in [0.25, 0.3) is 0 Å². The number of hydrazine groups is 1. The van der Waals surface area contributed by atoms with Gasteiger partial charge in [-0.05, 0) is 30.0 Å². The van der Waals surface area contributed by atoms with Crippen LogP contribution in [0.2, 0.25) is 0 Å². The summed E-state index contributed by atoms with van der Waals surface area (Å²) in [5.74, 6) is 0.723. The van der Waals surface area contributed by atoms with Crippen molar-refractivity contribution in [2.75, 3.05) is 0 Å². The van der Waals surface area contributed by atoms with Crippen molar-refractivity contribution in [1.29, 1.82) is 0 Å². The number of nitrogens with two attached hydrogens (primary N) is 1. The summed E-state index contributed by atoms with van der Waals surface area (Å²) in [6.07, 6.45) is 0.996. The highest BCUT2D eigenvalue weighted by molar-refractivity contribution is 5.22. The molecule has 17 heavy (non-hydrogen) atoms. The molecule has 3 atom stereocenters. The Bertz CT molecular complexity index is 363. The summed E-state index contributed by atoms with van der Waals surface area (Å²) < 4.78 is 12.9. The fourth-order valence-corrected chi connectivity index (χ4v) is 2.44. The minimum Gasteiger partial charge on any atom is -0.315 e. The maximum atomic E-state index is 12.9. The number of hydrogen-bond donors (Lipinski definition) is 3. The van der Waals surface area contributed by atoms with Crippen molar-refractivity contribution in [3.63, 3.8) is 0 Å². The number of rotatable bonds is 3. The van der Waals surface area contributed by atoms with Crippen molar-refractivity contribution in [3.05, 3.63) is 35.6 Å². The Balaban J connectivity index is 2.16. The van der Waals surface area contributed by atoms with E-state index in [1.165, 1.54) is 12.1 Å². The third-order valence-electron chi connectivity index (χ3n) is 3.27. The van der Waals surface area contributed by atoms with Crippen molar-refractivity contribution in [3.8, 4) is 0 Å². The van der Waals surface area contributed by atoms with Crippen molar-refractivity contribution in [2.45, 2.75) is 32.5 Å². The Morgan fingerprint density at radius 2 is 1.88 bits per heavy atom. The van der Waals surface area contributed by atoms with E-state index in [9.17, 15) is 4.39 Å². The Labute approximate surface area is 102 Å². The zero-order chi connectivity index (χ0) is 12.4. The summed E-state index contributed by atoms with van der Waals surface area (Å²) in [7, 11) is 0. The summed E-state index contributed by atoms with van der Waals surface area (Å²) in [5, 5.41) is 0. The first-order chi connectivity index (χ1) is 8.08. The molecule has 0 aliphatic carbocycles. The van der Waals surface area contributed by atoms with Gasteiger partial charge in [-0.1, -0.05) is 26.0 Å². The van der Waals surface area contributed by atoms with Crippen molar-refractivity contribution < 1.29 is 4.39 Å². The maximum Gasteiger partial charge on any atom is 0.123 e. The zero-order valence-electron chi connectivity index (χ0n) is 10.3. The molecule has 1 aliphatic heterocycles. The van der Waals surface area contributed by atoms with Gasteiger partial charge in [0.1, 0.15) is 5.82 Å². The van der Waals surface area contributed by atoms with Gasteiger partial charge in [-0.2, -0.15) is 0 Å². The lowest BCUT2D eigenvalue weighted by molar-refractivity contribution is 0.344. The van der Waals surface area contributed by atoms with Crippen LogP contribution in [-0.4, -0.2) is 6.17 Å². The first kappa shape index (κ1) is 12.5. The first-order valence-electron chi connectivity index (χ1n) is 6.10. The highest BCUT2D eigenvalue weighted by Crippen LogP contribution is 2.31. The lowest BCUT2D eigenvalue weighted by atomic mass is 9.86. The largest absolute Gasteiger partial charge is 0.315 e. The van der Waals surface area contributed by atoms with Crippen molar-refractivity contribution in [1.82, 2.24) is 10.9 Å². The standard InChI is InChI=1S/C13H20FN3/c1-8(2)7-11-12(16-17-13(11)15)9-3-5-10(14)6-4-9/h3-6,8,11-13,16-17H,7,15H2,1-2H3. The molecule has 1 fully saturated rings. The van der Waals surface area contributed by atoms with Crippen LogP contribution >= 0.6 is 0 Å². The average Bonchev–Trinajstić information content (AvgIpc) is 2.61. The van der Waals surface area contributed by atoms with E-state index in [1.54, 1.807) is 0 Å². The van der Waals surface area contributed by atoms with Crippen LogP contribution in [0.1, 0.15) is 31.9 Å². The van der Waals surface area contributed by atoms with Gasteiger partial charge in [0, 0.05) is 5.92 Å². The summed E-state index contributed by atoms with van der Waals surface area (Å²) in [6.45, 7) is 4.37. The van der Waals surface area contributed by atoms with Crippen LogP contribution < -0.4 is 16.6 Å². The molecule has 1 aromatic carbocycles. The molecular weight excluding hydrogens is 217 g/mol. The van der Waals surface area contributed by atoms with Crippen molar-refractivity contribution in [2.24, 2.45) is 17.6 Å². The fourth-order valence-electron chi connectivity index (χ4n) is 2.44. The molecule has 0 spiro atoms. The molecule has 1 heterocycles. The smallest absolute Gasteiger partial charge is 0.123 e. The highest BCUT2D eigenvalue weighted by Gasteiger charge is 2.34. The Morgan fingerprint density at radius 1 is 1.24 bits per heavy atom. The Kier molecular flexibility index (Phi) is 3.76. The zero-order valence-corrected chi connectivity index (χ0v) is 10.3. The van der Waals surface area contributed by atoms with E-state index in [2.05, 4.69) is 24.7 Å². The van der Waals surface area contributed by atoms with Gasteiger partial charge in [0.05, 0.1) is 12.2 Å². The predicted molar refractivity (Wildman–Crippen MR) is 66.3 cm³/mol. The first-order valence-corrected chi connectivity index (χ1v) is 6.10. The van der Waals surface area contributed by atoms with E-state index < -0.39 is 0 Å². The Hall–Kier alpha value is -0.970. The molecule has 94 valence electrons. The van der Waals surface area contributed by atoms with Crippen LogP contribution in [0.5, 0.6) is 0 Å². The maximum absolute atomic E-state index is 12.9. The second-order valence-corrected chi connectivity index (χ2v) is 5.14. The number of hydrogen-bond acceptors (Lipinski definition) is 3. The quantitative estimate of drug-likeness (QED) is 0.753. The molecule has 3 unspecified atom stereocenters. The molecule has 0 radical (unpaired) electrons. The SMILES string of the molecule is CC(C)CC1C(N)NNC1c1ccc(F)cc1. The van der Waals surface area contributed by atoms with E-state index in [0.717, 1.165) is 12.0 Å². The molecule has 0 saturated carbocycles. The summed E-state index contributed by atoms with van der Waals surface area (Å²) in [6, 6.07) is 6.79. The van der Waals surface area contributed by atoms with Crippen LogP contribution in [-0.2, 0) is 0 Å². The van der Waals surface area contributed by atoms with Gasteiger partial charge in [-0.25, -0.2) is 15.2 Å². The van der Waals surface area contributed by atoms with E-state index in [0.29, 0.717) is 11.8 Å². The molecule has 0 bridgehead atoms. The van der Waals surface area contributed by atoms with Crippen LogP contribution in [0.3, 0.4) is 0 Å². The summed E-state index contributed by atoms with van der Waals surface area (Å²) in [5.41, 5.74) is 13.4. The van der Waals surface area contributed by atoms with Gasteiger partial charge in [0.25, 0.3) is 0 Å². The second kappa shape index (κ2) is 5.12. The molecule has 2 rings (SSSR count). The van der Waals surface area contributed by atoms with E-state index >= 15 is 0 Å². The van der Waals surface area contributed by atoms with E-state index in [1.807, 2.05) is 12.1 Å². The van der Waals surface area contributed by atoms with Crippen LogP contribution in [0.15, 0.2) is 24.3 Å². The minimum atomic E-state index is -0.204. The monoisotopic (exact) mass is 237 g/mol. The second-order valence-electron chi connectivity index (χ2n) is 5.14. The number of halogens is 1. The molecule has 0 aromatic heterocycles. The normalized spacial score (nSPS) is 28.9. The van der Waals surface area contributed by atoms with E-state index in [-0.39, 0.29) is 18.0 Å². The predicted octanol–water partition coefficient (Wildman–Crippen LogP) is 1.92. The van der Waals surface area contributed by atoms with Crippen molar-refractivity contribution >= 4 is 0 Å². The third-order valence-corrected chi connectivity index (χ3v) is 3.27. The number of benzene rings is 1. The topological polar surface area (TPSA) is 50.1 Å². The Morgan fingerprint density at radius 3 is 2.47 bits per heavy atom. The van der Waals surface area contributed by atoms with Gasteiger partial charge in [0.2, 0.25) is 0 Å². The molecule has 3 nitrogen and oxygen atoms in total. The molecule has 1 saturated heterocycles. The fraction of sp³-hybridized carbons (Fsp3) is 0.538. The number of nitrogens with one attached hydrogen (secondary N) is 2. The van der Waals surface area contributed by atoms with Gasteiger partial charge in [0.15, 0.2) is 0 Å². The molecule has 0 amide bonds. The third kappa shape index (κ3) is 2.83. The average molecular weight is 237 g/mol. The van der Waals surface area contributed by atoms with Crippen LogP contribution in [0, 0.1) is 17.7 Å². The highest BCUT2D eigenvalue weighted by atomic mass is 19.1. The van der Waals surface area contributed by atoms with Gasteiger partial charge >= 0.3 is 0 Å². The minimum absolute atomic E-state index is 0.0487. The molecule has 4 N–H and O–H groups in total. The van der Waals surface area contributed by atoms with Gasteiger partial charge < -0.3 is 5.73 Å². The summed E-state index contributed by atoms with van der Waals surface area (Å²) >= 11 is 0. The van der Waals surface area contributed by atoms with Gasteiger partial charge in [-0.3, -0.25) is 0 Å². The molecule has 1 aliphatic rings.